The van der Waals surface area contributed by atoms with Crippen LogP contribution in [0.2, 0.25) is 0 Å². The zero-order valence-electron chi connectivity index (χ0n) is 26.0. The van der Waals surface area contributed by atoms with E-state index in [1.807, 2.05) is 54.7 Å². The minimum Gasteiger partial charge on any atom is -0.458 e. The number of imidazole rings is 1. The largest absolute Gasteiger partial charge is 0.458 e. The first kappa shape index (κ1) is 30.5. The molecule has 0 fully saturated rings. The standard InChI is InChI=1S/C36H34FN5O4/c1-22-16-24(11-12-30(22)37)32-29(9-7-14-38-32)23-13-15-42-27(18-23)20-40-33(42)34(43)45-21-26(41-35(44)46-36(2,3)4)17-25-19-39-31-10-6-5-8-28(25)31/h5-16,18-20,26,39H,17,21H2,1-4H3,(H,41,44). The van der Waals surface area contributed by atoms with E-state index in [0.717, 1.165) is 33.2 Å². The Hall–Kier alpha value is -5.51. The molecule has 46 heavy (non-hydrogen) atoms. The van der Waals surface area contributed by atoms with Crippen molar-refractivity contribution in [3.8, 4) is 22.4 Å². The number of hydrogen-bond acceptors (Lipinski definition) is 6. The van der Waals surface area contributed by atoms with Gasteiger partial charge in [0.1, 0.15) is 18.0 Å². The molecule has 2 aromatic carbocycles. The number of nitrogens with one attached hydrogen (secondary N) is 2. The van der Waals surface area contributed by atoms with Crippen LogP contribution < -0.4 is 5.32 Å². The number of carbonyl (C=O) groups excluding carboxylic acids is 2. The Morgan fingerprint density at radius 2 is 1.85 bits per heavy atom. The molecule has 9 nitrogen and oxygen atoms in total. The number of halogens is 1. The second kappa shape index (κ2) is 12.5. The minimum atomic E-state index is -0.686. The van der Waals surface area contributed by atoms with Crippen molar-refractivity contribution in [2.75, 3.05) is 6.61 Å². The molecular formula is C36H34FN5O4. The van der Waals surface area contributed by atoms with E-state index in [1.165, 1.54) is 6.07 Å². The summed E-state index contributed by atoms with van der Waals surface area (Å²) < 4.78 is 26.8. The molecule has 0 aliphatic heterocycles. The van der Waals surface area contributed by atoms with Gasteiger partial charge in [-0.1, -0.05) is 24.3 Å². The van der Waals surface area contributed by atoms with Crippen molar-refractivity contribution in [3.63, 3.8) is 0 Å². The summed E-state index contributed by atoms with van der Waals surface area (Å²) in [6.45, 7) is 6.98. The third kappa shape index (κ3) is 6.61. The first-order valence-electron chi connectivity index (χ1n) is 15.0. The van der Waals surface area contributed by atoms with Gasteiger partial charge in [0.05, 0.1) is 23.4 Å². The Morgan fingerprint density at radius 3 is 2.65 bits per heavy atom. The maximum absolute atomic E-state index is 13.9. The van der Waals surface area contributed by atoms with Crippen molar-refractivity contribution in [1.82, 2.24) is 24.7 Å². The lowest BCUT2D eigenvalue weighted by Gasteiger charge is -2.23. The third-order valence-corrected chi connectivity index (χ3v) is 7.54. The van der Waals surface area contributed by atoms with Gasteiger partial charge in [0, 0.05) is 40.6 Å². The van der Waals surface area contributed by atoms with Crippen molar-refractivity contribution in [2.45, 2.75) is 45.8 Å². The van der Waals surface area contributed by atoms with Crippen molar-refractivity contribution in [2.24, 2.45) is 0 Å². The number of nitrogens with zero attached hydrogens (tertiary/aromatic N) is 3. The zero-order valence-corrected chi connectivity index (χ0v) is 26.0. The predicted molar refractivity (Wildman–Crippen MR) is 174 cm³/mol. The van der Waals surface area contributed by atoms with E-state index in [-0.39, 0.29) is 18.2 Å². The number of esters is 1. The zero-order chi connectivity index (χ0) is 32.4. The summed E-state index contributed by atoms with van der Waals surface area (Å²) in [5.41, 5.74) is 5.70. The lowest BCUT2D eigenvalue weighted by molar-refractivity contribution is 0.0361. The van der Waals surface area contributed by atoms with Crippen LogP contribution in [0.5, 0.6) is 0 Å². The second-order valence-electron chi connectivity index (χ2n) is 12.2. The number of alkyl carbamates (subject to hydrolysis) is 1. The summed E-state index contributed by atoms with van der Waals surface area (Å²) in [4.78, 5) is 38.2. The lowest BCUT2D eigenvalue weighted by atomic mass is 9.99. The van der Waals surface area contributed by atoms with Crippen molar-refractivity contribution in [1.29, 1.82) is 0 Å². The van der Waals surface area contributed by atoms with Gasteiger partial charge in [0.2, 0.25) is 5.82 Å². The summed E-state index contributed by atoms with van der Waals surface area (Å²) >= 11 is 0. The number of aryl methyl sites for hydroxylation is 1. The van der Waals surface area contributed by atoms with Gasteiger partial charge >= 0.3 is 12.1 Å². The van der Waals surface area contributed by atoms with E-state index in [9.17, 15) is 14.0 Å². The molecule has 0 bridgehead atoms. The molecule has 0 aliphatic carbocycles. The van der Waals surface area contributed by atoms with Gasteiger partial charge in [-0.25, -0.2) is 19.0 Å². The van der Waals surface area contributed by atoms with E-state index in [2.05, 4.69) is 20.3 Å². The van der Waals surface area contributed by atoms with Crippen LogP contribution in [0.3, 0.4) is 0 Å². The monoisotopic (exact) mass is 619 g/mol. The molecule has 2 N–H and O–H groups in total. The van der Waals surface area contributed by atoms with E-state index in [4.69, 9.17) is 9.47 Å². The van der Waals surface area contributed by atoms with E-state index in [0.29, 0.717) is 23.2 Å². The molecule has 234 valence electrons. The van der Waals surface area contributed by atoms with E-state index >= 15 is 0 Å². The Labute approximate surface area is 265 Å². The topological polar surface area (TPSA) is 111 Å². The normalized spacial score (nSPS) is 12.3. The summed E-state index contributed by atoms with van der Waals surface area (Å²) in [5.74, 6) is -0.803. The highest BCUT2D eigenvalue weighted by Crippen LogP contribution is 2.32. The van der Waals surface area contributed by atoms with Crippen molar-refractivity contribution < 1.29 is 23.5 Å². The summed E-state index contributed by atoms with van der Waals surface area (Å²) in [5, 5.41) is 3.88. The predicted octanol–water partition coefficient (Wildman–Crippen LogP) is 7.28. The van der Waals surface area contributed by atoms with Crippen LogP contribution in [0.1, 0.15) is 42.5 Å². The molecular weight excluding hydrogens is 585 g/mol. The van der Waals surface area contributed by atoms with E-state index < -0.39 is 23.7 Å². The number of amides is 1. The molecule has 1 amide bonds. The molecule has 0 radical (unpaired) electrons. The maximum atomic E-state index is 13.9. The van der Waals surface area contributed by atoms with Gasteiger partial charge < -0.3 is 19.8 Å². The molecule has 4 heterocycles. The molecule has 0 saturated carbocycles. The number of fused-ring (bicyclic) bond motifs is 2. The van der Waals surface area contributed by atoms with Crippen LogP contribution in [0.25, 0.3) is 38.8 Å². The van der Waals surface area contributed by atoms with Crippen LogP contribution in [0, 0.1) is 12.7 Å². The number of H-pyrrole nitrogens is 1. The van der Waals surface area contributed by atoms with Gasteiger partial charge in [-0.15, -0.1) is 0 Å². The fraction of sp³-hybridized carbons (Fsp3) is 0.222. The minimum absolute atomic E-state index is 0.0965. The average molecular weight is 620 g/mol. The molecule has 1 atom stereocenters. The highest BCUT2D eigenvalue weighted by Gasteiger charge is 2.24. The quantitative estimate of drug-likeness (QED) is 0.173. The molecule has 6 rings (SSSR count). The van der Waals surface area contributed by atoms with E-state index in [1.54, 1.807) is 62.8 Å². The molecule has 1 unspecified atom stereocenters. The summed E-state index contributed by atoms with van der Waals surface area (Å²) in [7, 11) is 0. The molecule has 6 aromatic rings. The van der Waals surface area contributed by atoms with Crippen molar-refractivity contribution in [3.05, 3.63) is 114 Å². The van der Waals surface area contributed by atoms with Crippen LogP contribution in [-0.2, 0) is 15.9 Å². The molecule has 10 heteroatoms. The molecule has 0 aliphatic rings. The second-order valence-corrected chi connectivity index (χ2v) is 12.2. The number of ether oxygens (including phenoxy) is 2. The molecule has 0 saturated heterocycles. The number of pyridine rings is 2. The molecule has 4 aromatic heterocycles. The van der Waals surface area contributed by atoms with Crippen molar-refractivity contribution >= 4 is 28.5 Å². The third-order valence-electron chi connectivity index (χ3n) is 7.54. The number of carbonyl (C=O) groups is 2. The SMILES string of the molecule is Cc1cc(-c2ncccc2-c2ccn3c(C(=O)OCC(Cc4c[nH]c5ccccc45)NC(=O)OC(C)(C)C)ncc3c2)ccc1F. The summed E-state index contributed by atoms with van der Waals surface area (Å²) in [6.07, 6.45) is 6.75. The fourth-order valence-electron chi connectivity index (χ4n) is 5.41. The highest BCUT2D eigenvalue weighted by molar-refractivity contribution is 5.88. The number of para-hydroxylation sites is 1. The Bertz CT molecular complexity index is 2060. The van der Waals surface area contributed by atoms with Gasteiger partial charge in [-0.3, -0.25) is 9.38 Å². The smallest absolute Gasteiger partial charge is 0.408 e. The summed E-state index contributed by atoms with van der Waals surface area (Å²) in [6, 6.07) is 19.8. The van der Waals surface area contributed by atoms with Crippen LogP contribution >= 0.6 is 0 Å². The fourth-order valence-corrected chi connectivity index (χ4v) is 5.41. The van der Waals surface area contributed by atoms with Gasteiger partial charge in [0.15, 0.2) is 0 Å². The first-order chi connectivity index (χ1) is 22.1. The van der Waals surface area contributed by atoms with Gasteiger partial charge in [-0.05, 0) is 93.3 Å². The lowest BCUT2D eigenvalue weighted by Crippen LogP contribution is -2.43. The molecule has 0 spiro atoms. The van der Waals surface area contributed by atoms with Gasteiger partial charge in [0.25, 0.3) is 0 Å². The van der Waals surface area contributed by atoms with Crippen LogP contribution in [0.4, 0.5) is 9.18 Å². The maximum Gasteiger partial charge on any atom is 0.408 e. The Kier molecular flexibility index (Phi) is 8.27. The number of aromatic amines is 1. The highest BCUT2D eigenvalue weighted by atomic mass is 19.1. The average Bonchev–Trinajstić information content (AvgIpc) is 3.64. The Balaban J connectivity index is 1.22. The number of aromatic nitrogens is 4. The Morgan fingerprint density at radius 1 is 1.02 bits per heavy atom. The number of benzene rings is 2. The van der Waals surface area contributed by atoms with Crippen LogP contribution in [-0.4, -0.2) is 49.7 Å². The number of rotatable bonds is 8. The first-order valence-corrected chi connectivity index (χ1v) is 15.0. The van der Waals surface area contributed by atoms with Crippen LogP contribution in [0.15, 0.2) is 91.5 Å². The van der Waals surface area contributed by atoms with Gasteiger partial charge in [-0.2, -0.15) is 0 Å². The number of hydrogen-bond donors (Lipinski definition) is 2.